The Morgan fingerprint density at radius 3 is 2.75 bits per heavy atom. The van der Waals surface area contributed by atoms with Crippen molar-refractivity contribution in [3.8, 4) is 0 Å². The summed E-state index contributed by atoms with van der Waals surface area (Å²) in [5.41, 5.74) is 0.606. The van der Waals surface area contributed by atoms with Gasteiger partial charge in [-0.1, -0.05) is 12.1 Å². The molecule has 2 heterocycles. The first kappa shape index (κ1) is 16.5. The highest BCUT2D eigenvalue weighted by molar-refractivity contribution is 9.10. The molecule has 122 valence electrons. The number of amidine groups is 1. The number of carbonyl (C=O) groups is 2. The van der Waals surface area contributed by atoms with Crippen LogP contribution in [0.25, 0.3) is 6.08 Å². The number of carboxylic acid groups (broad SMARTS) is 1. The van der Waals surface area contributed by atoms with Crippen molar-refractivity contribution in [1.82, 2.24) is 0 Å². The quantitative estimate of drug-likeness (QED) is 0.779. The molecule has 0 atom stereocenters. The fraction of sp³-hybridized carbons (Fsp3) is 0.0625. The number of rotatable bonds is 3. The van der Waals surface area contributed by atoms with Crippen molar-refractivity contribution in [3.05, 3.63) is 57.3 Å². The molecule has 1 aromatic heterocycles. The number of benzene rings is 1. The number of aromatic carboxylic acids is 1. The third kappa shape index (κ3) is 3.29. The van der Waals surface area contributed by atoms with Crippen LogP contribution in [-0.4, -0.2) is 29.2 Å². The molecular formula is C16H11BrN2O4S. The number of furan rings is 1. The number of para-hydroxylation sites is 1. The number of thioether (sulfide) groups is 1. The molecular weight excluding hydrogens is 396 g/mol. The summed E-state index contributed by atoms with van der Waals surface area (Å²) >= 11 is 4.37. The predicted molar refractivity (Wildman–Crippen MR) is 96.2 cm³/mol. The maximum atomic E-state index is 12.1. The Bertz CT molecular complexity index is 888. The summed E-state index contributed by atoms with van der Waals surface area (Å²) in [6.45, 7) is 0. The van der Waals surface area contributed by atoms with Crippen LogP contribution in [0.2, 0.25) is 0 Å². The van der Waals surface area contributed by atoms with Gasteiger partial charge in [0.15, 0.2) is 9.84 Å². The second-order valence-corrected chi connectivity index (χ2v) is 6.62. The first-order valence-corrected chi connectivity index (χ1v) is 8.40. The third-order valence-corrected chi connectivity index (χ3v) is 4.75. The lowest BCUT2D eigenvalue weighted by molar-refractivity contribution is -0.113. The normalized spacial score (nSPS) is 15.7. The largest absolute Gasteiger partial charge is 0.478 e. The molecule has 0 bridgehead atoms. The van der Waals surface area contributed by atoms with Crippen LogP contribution in [0.4, 0.5) is 5.69 Å². The summed E-state index contributed by atoms with van der Waals surface area (Å²) in [5, 5.41) is 9.70. The van der Waals surface area contributed by atoms with Gasteiger partial charge in [-0.05, 0) is 52.0 Å². The minimum absolute atomic E-state index is 0.142. The molecule has 0 unspecified atom stereocenters. The lowest BCUT2D eigenvalue weighted by Gasteiger charge is -2.19. The van der Waals surface area contributed by atoms with Crippen molar-refractivity contribution in [2.45, 2.75) is 0 Å². The fourth-order valence-electron chi connectivity index (χ4n) is 2.13. The molecule has 8 heteroatoms. The van der Waals surface area contributed by atoms with E-state index in [2.05, 4.69) is 20.9 Å². The number of halogens is 1. The standard InChI is InChI=1S/C16H11BrN2O4S/c1-19(11-5-3-2-4-10(11)15(21)22)16-18-14(20)12(24-16)8-9-6-7-13(17)23-9/h2-8H,1H3,(H,21,22)/b12-8+. The molecule has 0 spiro atoms. The van der Waals surface area contributed by atoms with Crippen molar-refractivity contribution in [3.63, 3.8) is 0 Å². The SMILES string of the molecule is CN(C1=NC(=O)/C(=C\c2ccc(Br)o2)S1)c1ccccc1C(=O)O. The van der Waals surface area contributed by atoms with Gasteiger partial charge in [-0.3, -0.25) is 4.79 Å². The Morgan fingerprint density at radius 2 is 2.08 bits per heavy atom. The summed E-state index contributed by atoms with van der Waals surface area (Å²) in [6.07, 6.45) is 1.60. The average Bonchev–Trinajstić information content (AvgIpc) is 3.13. The zero-order valence-corrected chi connectivity index (χ0v) is 14.8. The molecule has 1 aliphatic heterocycles. The number of hydrogen-bond acceptors (Lipinski definition) is 5. The molecule has 6 nitrogen and oxygen atoms in total. The minimum atomic E-state index is -1.04. The molecule has 1 aliphatic rings. The van der Waals surface area contributed by atoms with E-state index in [4.69, 9.17) is 4.42 Å². The van der Waals surface area contributed by atoms with Crippen LogP contribution in [0.5, 0.6) is 0 Å². The molecule has 24 heavy (non-hydrogen) atoms. The van der Waals surface area contributed by atoms with Crippen LogP contribution >= 0.6 is 27.7 Å². The molecule has 1 N–H and O–H groups in total. The Balaban J connectivity index is 1.87. The van der Waals surface area contributed by atoms with Crippen molar-refractivity contribution in [1.29, 1.82) is 0 Å². The second kappa shape index (κ2) is 6.66. The summed E-state index contributed by atoms with van der Waals surface area (Å²) in [5.74, 6) is -0.895. The van der Waals surface area contributed by atoms with E-state index in [1.165, 1.54) is 17.8 Å². The summed E-state index contributed by atoms with van der Waals surface area (Å²) in [4.78, 5) is 29.4. The van der Waals surface area contributed by atoms with E-state index in [1.807, 2.05) is 0 Å². The van der Waals surface area contributed by atoms with Gasteiger partial charge in [0.05, 0.1) is 16.2 Å². The number of nitrogens with zero attached hydrogens (tertiary/aromatic N) is 2. The first-order chi connectivity index (χ1) is 11.5. The van der Waals surface area contributed by atoms with Crippen LogP contribution in [0.1, 0.15) is 16.1 Å². The van der Waals surface area contributed by atoms with Gasteiger partial charge in [0.1, 0.15) is 5.76 Å². The number of carboxylic acids is 1. The second-order valence-electron chi connectivity index (χ2n) is 4.83. The van der Waals surface area contributed by atoms with E-state index in [1.54, 1.807) is 48.4 Å². The summed E-state index contributed by atoms with van der Waals surface area (Å²) in [6, 6.07) is 10.0. The molecule has 1 aromatic carbocycles. The summed E-state index contributed by atoms with van der Waals surface area (Å²) < 4.78 is 5.93. The maximum Gasteiger partial charge on any atom is 0.337 e. The number of aliphatic imine (C=N–C) groups is 1. The van der Waals surface area contributed by atoms with Gasteiger partial charge in [-0.25, -0.2) is 4.79 Å². The topological polar surface area (TPSA) is 83.1 Å². The zero-order chi connectivity index (χ0) is 17.3. The highest BCUT2D eigenvalue weighted by Crippen LogP contribution is 2.33. The first-order valence-electron chi connectivity index (χ1n) is 6.79. The lowest BCUT2D eigenvalue weighted by atomic mass is 10.1. The van der Waals surface area contributed by atoms with Gasteiger partial charge in [0, 0.05) is 13.1 Å². The molecule has 1 amide bonds. The van der Waals surface area contributed by atoms with Gasteiger partial charge in [-0.2, -0.15) is 4.99 Å². The Hall–Kier alpha value is -2.32. The molecule has 0 fully saturated rings. The predicted octanol–water partition coefficient (Wildman–Crippen LogP) is 3.85. The molecule has 0 aliphatic carbocycles. The monoisotopic (exact) mass is 406 g/mol. The highest BCUT2D eigenvalue weighted by Gasteiger charge is 2.27. The van der Waals surface area contributed by atoms with E-state index in [-0.39, 0.29) is 11.5 Å². The average molecular weight is 407 g/mol. The van der Waals surface area contributed by atoms with Crippen LogP contribution in [0.15, 0.2) is 55.4 Å². The van der Waals surface area contributed by atoms with Crippen LogP contribution in [0.3, 0.4) is 0 Å². The summed E-state index contributed by atoms with van der Waals surface area (Å²) in [7, 11) is 1.67. The van der Waals surface area contributed by atoms with Gasteiger partial charge in [-0.15, -0.1) is 0 Å². The minimum Gasteiger partial charge on any atom is -0.478 e. The molecule has 3 rings (SSSR count). The van der Waals surface area contributed by atoms with E-state index < -0.39 is 5.97 Å². The van der Waals surface area contributed by atoms with E-state index in [0.717, 1.165) is 0 Å². The van der Waals surface area contributed by atoms with E-state index in [9.17, 15) is 14.7 Å². The van der Waals surface area contributed by atoms with Crippen molar-refractivity contribution in [2.75, 3.05) is 11.9 Å². The van der Waals surface area contributed by atoms with Crippen LogP contribution in [0, 0.1) is 0 Å². The van der Waals surface area contributed by atoms with Gasteiger partial charge in [0.25, 0.3) is 5.91 Å². The number of hydrogen-bond donors (Lipinski definition) is 1. The van der Waals surface area contributed by atoms with Crippen molar-refractivity contribution in [2.24, 2.45) is 4.99 Å². The smallest absolute Gasteiger partial charge is 0.337 e. The highest BCUT2D eigenvalue weighted by atomic mass is 79.9. The van der Waals surface area contributed by atoms with E-state index >= 15 is 0 Å². The van der Waals surface area contributed by atoms with Crippen LogP contribution < -0.4 is 4.90 Å². The van der Waals surface area contributed by atoms with Crippen LogP contribution in [-0.2, 0) is 4.79 Å². The Morgan fingerprint density at radius 1 is 1.33 bits per heavy atom. The number of carbonyl (C=O) groups excluding carboxylic acids is 1. The van der Waals surface area contributed by atoms with E-state index in [0.29, 0.717) is 26.2 Å². The zero-order valence-electron chi connectivity index (χ0n) is 12.4. The molecule has 0 saturated carbocycles. The Kier molecular flexibility index (Phi) is 4.59. The van der Waals surface area contributed by atoms with Gasteiger partial charge in [0.2, 0.25) is 0 Å². The van der Waals surface area contributed by atoms with Gasteiger partial charge >= 0.3 is 5.97 Å². The third-order valence-electron chi connectivity index (χ3n) is 3.26. The Labute approximate surface area is 150 Å². The van der Waals surface area contributed by atoms with Crippen molar-refractivity contribution < 1.29 is 19.1 Å². The lowest BCUT2D eigenvalue weighted by Crippen LogP contribution is -2.24. The maximum absolute atomic E-state index is 12.1. The molecule has 0 radical (unpaired) electrons. The fourth-order valence-corrected chi connectivity index (χ4v) is 3.31. The molecule has 0 saturated heterocycles. The van der Waals surface area contributed by atoms with Gasteiger partial charge < -0.3 is 14.4 Å². The molecule has 2 aromatic rings. The number of amides is 1. The van der Waals surface area contributed by atoms with Crippen molar-refractivity contribution >= 4 is 56.5 Å². The number of anilines is 1.